The zero-order valence-corrected chi connectivity index (χ0v) is 17.4. The summed E-state index contributed by atoms with van der Waals surface area (Å²) >= 11 is 6.42. The number of aromatic amines is 1. The summed E-state index contributed by atoms with van der Waals surface area (Å²) in [5.74, 6) is -1.12. The van der Waals surface area contributed by atoms with Crippen molar-refractivity contribution in [2.45, 2.75) is 31.3 Å². The number of fused-ring (bicyclic) bond motifs is 1. The van der Waals surface area contributed by atoms with Crippen molar-refractivity contribution in [1.82, 2.24) is 20.2 Å². The van der Waals surface area contributed by atoms with Crippen molar-refractivity contribution in [3.05, 3.63) is 52.6 Å². The zero-order chi connectivity index (χ0) is 21.7. The van der Waals surface area contributed by atoms with E-state index in [1.165, 1.54) is 14.2 Å². The number of nitrogens with zero attached hydrogens (tertiary/aromatic N) is 2. The number of carbonyl (C=O) groups excluding carboxylic acids is 3. The van der Waals surface area contributed by atoms with E-state index in [-0.39, 0.29) is 12.8 Å². The van der Waals surface area contributed by atoms with Crippen LogP contribution in [-0.2, 0) is 25.5 Å². The van der Waals surface area contributed by atoms with Crippen molar-refractivity contribution in [3.8, 4) is 0 Å². The van der Waals surface area contributed by atoms with Crippen molar-refractivity contribution in [3.63, 3.8) is 0 Å². The topological polar surface area (TPSA) is 114 Å². The summed E-state index contributed by atoms with van der Waals surface area (Å²) < 4.78 is 9.39. The lowest BCUT2D eigenvalue weighted by Gasteiger charge is -2.36. The fraction of sp³-hybridized carbons (Fsp3) is 0.400. The third-order valence-electron chi connectivity index (χ3n) is 5.03. The third kappa shape index (κ3) is 4.56. The van der Waals surface area contributed by atoms with E-state index in [1.54, 1.807) is 17.3 Å². The molecule has 0 radical (unpaired) electrons. The molecule has 160 valence electrons. The molecule has 0 bridgehead atoms. The maximum absolute atomic E-state index is 13.2. The average Bonchev–Trinajstić information content (AvgIpc) is 3.24. The molecule has 0 fully saturated rings. The molecule has 3 rings (SSSR count). The van der Waals surface area contributed by atoms with Crippen molar-refractivity contribution in [2.75, 3.05) is 20.8 Å². The predicted octanol–water partition coefficient (Wildman–Crippen LogP) is 2.21. The summed E-state index contributed by atoms with van der Waals surface area (Å²) in [5, 5.41) is 3.19. The van der Waals surface area contributed by atoms with Crippen LogP contribution in [0.15, 0.2) is 30.6 Å². The summed E-state index contributed by atoms with van der Waals surface area (Å²) in [6.07, 6.45) is 2.19. The average molecular weight is 435 g/mol. The lowest BCUT2D eigenvalue weighted by Crippen LogP contribution is -2.51. The van der Waals surface area contributed by atoms with Gasteiger partial charge >= 0.3 is 18.0 Å². The van der Waals surface area contributed by atoms with Gasteiger partial charge in [0.05, 0.1) is 26.2 Å². The molecule has 0 saturated carbocycles. The SMILES string of the molecule is COC(=O)CC[C@@H](NC(=O)N1CCc2[nH]cnc2[C@H]1c1ccccc1Cl)C(=O)OC. The Hall–Kier alpha value is -3.07. The molecule has 0 unspecified atom stereocenters. The number of nitrogens with one attached hydrogen (secondary N) is 2. The highest BCUT2D eigenvalue weighted by Gasteiger charge is 2.36. The molecule has 10 heteroatoms. The number of urea groups is 1. The third-order valence-corrected chi connectivity index (χ3v) is 5.38. The normalized spacial score (nSPS) is 16.4. The Morgan fingerprint density at radius 3 is 2.77 bits per heavy atom. The molecular formula is C20H23ClN4O5. The van der Waals surface area contributed by atoms with Gasteiger partial charge in [0.1, 0.15) is 12.1 Å². The number of hydrogen-bond donors (Lipinski definition) is 2. The van der Waals surface area contributed by atoms with Gasteiger partial charge in [-0.05, 0) is 18.1 Å². The lowest BCUT2D eigenvalue weighted by atomic mass is 9.96. The zero-order valence-electron chi connectivity index (χ0n) is 16.7. The summed E-state index contributed by atoms with van der Waals surface area (Å²) in [5.41, 5.74) is 2.36. The Balaban J connectivity index is 1.86. The van der Waals surface area contributed by atoms with Crippen LogP contribution in [0.2, 0.25) is 5.02 Å². The Kier molecular flexibility index (Phi) is 6.94. The summed E-state index contributed by atoms with van der Waals surface area (Å²) in [6.45, 7) is 0.391. The molecule has 2 amide bonds. The van der Waals surface area contributed by atoms with E-state index >= 15 is 0 Å². The molecule has 0 aliphatic carbocycles. The molecule has 2 N–H and O–H groups in total. The van der Waals surface area contributed by atoms with Gasteiger partial charge in [0.2, 0.25) is 0 Å². The number of H-pyrrole nitrogens is 1. The highest BCUT2D eigenvalue weighted by atomic mass is 35.5. The quantitative estimate of drug-likeness (QED) is 0.674. The highest BCUT2D eigenvalue weighted by molar-refractivity contribution is 6.31. The van der Waals surface area contributed by atoms with Crippen LogP contribution in [0.1, 0.15) is 35.8 Å². The Labute approximate surface area is 178 Å². The second-order valence-corrected chi connectivity index (χ2v) is 7.18. The fourth-order valence-corrected chi connectivity index (χ4v) is 3.73. The van der Waals surface area contributed by atoms with Crippen molar-refractivity contribution in [1.29, 1.82) is 0 Å². The molecule has 0 saturated heterocycles. The van der Waals surface area contributed by atoms with Gasteiger partial charge in [-0.1, -0.05) is 29.8 Å². The van der Waals surface area contributed by atoms with E-state index in [9.17, 15) is 14.4 Å². The second kappa shape index (κ2) is 9.62. The van der Waals surface area contributed by atoms with Crippen LogP contribution < -0.4 is 5.32 Å². The van der Waals surface area contributed by atoms with E-state index < -0.39 is 30.1 Å². The number of aromatic nitrogens is 2. The van der Waals surface area contributed by atoms with Crippen LogP contribution in [0.4, 0.5) is 4.79 Å². The number of carbonyl (C=O) groups is 3. The first-order valence-electron chi connectivity index (χ1n) is 9.44. The van der Waals surface area contributed by atoms with Crippen LogP contribution in [0.3, 0.4) is 0 Å². The molecule has 1 aromatic carbocycles. The Bertz CT molecular complexity index is 931. The molecule has 1 aliphatic heterocycles. The summed E-state index contributed by atoms with van der Waals surface area (Å²) in [6, 6.07) is 5.25. The molecular weight excluding hydrogens is 412 g/mol. The van der Waals surface area contributed by atoms with Crippen molar-refractivity contribution >= 4 is 29.6 Å². The van der Waals surface area contributed by atoms with Crippen LogP contribution in [0.25, 0.3) is 0 Å². The second-order valence-electron chi connectivity index (χ2n) is 6.77. The molecule has 30 heavy (non-hydrogen) atoms. The molecule has 2 aromatic rings. The van der Waals surface area contributed by atoms with E-state index in [0.29, 0.717) is 23.7 Å². The van der Waals surface area contributed by atoms with E-state index in [0.717, 1.165) is 11.3 Å². The van der Waals surface area contributed by atoms with Crippen LogP contribution >= 0.6 is 11.6 Å². The number of hydrogen-bond acceptors (Lipinski definition) is 6. The summed E-state index contributed by atoms with van der Waals surface area (Å²) in [4.78, 5) is 45.9. The molecule has 1 aromatic heterocycles. The highest BCUT2D eigenvalue weighted by Crippen LogP contribution is 2.36. The minimum Gasteiger partial charge on any atom is -0.469 e. The van der Waals surface area contributed by atoms with Gasteiger partial charge in [-0.25, -0.2) is 14.6 Å². The minimum absolute atomic E-state index is 0.0337. The van der Waals surface area contributed by atoms with Gasteiger partial charge < -0.3 is 24.7 Å². The van der Waals surface area contributed by atoms with Crippen LogP contribution in [-0.4, -0.2) is 59.6 Å². The maximum Gasteiger partial charge on any atom is 0.328 e. The van der Waals surface area contributed by atoms with Crippen LogP contribution in [0, 0.1) is 0 Å². The molecule has 2 atom stereocenters. The number of amides is 2. The van der Waals surface area contributed by atoms with Gasteiger partial charge in [0, 0.05) is 30.1 Å². The number of ether oxygens (including phenoxy) is 2. The number of esters is 2. The fourth-order valence-electron chi connectivity index (χ4n) is 3.49. The monoisotopic (exact) mass is 434 g/mol. The Morgan fingerprint density at radius 1 is 1.30 bits per heavy atom. The van der Waals surface area contributed by atoms with Gasteiger partial charge in [0.25, 0.3) is 0 Å². The molecule has 9 nitrogen and oxygen atoms in total. The first-order chi connectivity index (χ1) is 14.5. The van der Waals surface area contributed by atoms with Crippen LogP contribution in [0.5, 0.6) is 0 Å². The van der Waals surface area contributed by atoms with Gasteiger partial charge in [-0.2, -0.15) is 0 Å². The summed E-state index contributed by atoms with van der Waals surface area (Å²) in [7, 11) is 2.49. The number of benzene rings is 1. The molecule has 2 heterocycles. The number of imidazole rings is 1. The largest absolute Gasteiger partial charge is 0.469 e. The van der Waals surface area contributed by atoms with Gasteiger partial charge in [-0.3, -0.25) is 4.79 Å². The standard InChI is InChI=1S/C20H23ClN4O5/c1-29-16(26)8-7-15(19(27)30-2)24-20(28)25-10-9-14-17(23-11-22-14)18(25)12-5-3-4-6-13(12)21/h3-6,11,15,18H,7-10H2,1-2H3,(H,22,23)(H,24,28)/t15-,18-/m1/s1. The number of methoxy groups -OCH3 is 2. The number of halogens is 1. The first kappa shape index (κ1) is 21.6. The lowest BCUT2D eigenvalue weighted by molar-refractivity contribution is -0.144. The molecule has 1 aliphatic rings. The van der Waals surface area contributed by atoms with E-state index in [2.05, 4.69) is 20.0 Å². The minimum atomic E-state index is -0.992. The smallest absolute Gasteiger partial charge is 0.328 e. The van der Waals surface area contributed by atoms with E-state index in [1.807, 2.05) is 18.2 Å². The van der Waals surface area contributed by atoms with Crippen molar-refractivity contribution in [2.24, 2.45) is 0 Å². The van der Waals surface area contributed by atoms with Crippen molar-refractivity contribution < 1.29 is 23.9 Å². The van der Waals surface area contributed by atoms with E-state index in [4.69, 9.17) is 16.3 Å². The Morgan fingerprint density at radius 2 is 2.07 bits per heavy atom. The number of rotatable bonds is 6. The first-order valence-corrected chi connectivity index (χ1v) is 9.82. The molecule has 0 spiro atoms. The van der Waals surface area contributed by atoms with Gasteiger partial charge in [0.15, 0.2) is 0 Å². The maximum atomic E-state index is 13.2. The predicted molar refractivity (Wildman–Crippen MR) is 108 cm³/mol. The van der Waals surface area contributed by atoms with Gasteiger partial charge in [-0.15, -0.1) is 0 Å².